The molecule has 1 N–H and O–H groups in total. The molecule has 0 radical (unpaired) electrons. The Morgan fingerprint density at radius 3 is 2.44 bits per heavy atom. The first-order valence-corrected chi connectivity index (χ1v) is 8.28. The van der Waals surface area contributed by atoms with Crippen LogP contribution in [0.15, 0.2) is 42.5 Å². The zero-order chi connectivity index (χ0) is 18.2. The van der Waals surface area contributed by atoms with Crippen LogP contribution in [-0.2, 0) is 4.79 Å². The van der Waals surface area contributed by atoms with Crippen molar-refractivity contribution in [3.8, 4) is 17.2 Å². The Morgan fingerprint density at radius 1 is 1.08 bits per heavy atom. The molecule has 0 heterocycles. The molecule has 0 saturated heterocycles. The van der Waals surface area contributed by atoms with Gasteiger partial charge in [0.25, 0.3) is 5.91 Å². The standard InChI is InChI=1S/C20H25NO4/c1-14-5-6-15(2)19(13-14)25-16(3)20(22)21-11-12-24-18-9-7-17(23-4)8-10-18/h5-10,13,16H,11-12H2,1-4H3,(H,21,22)/t16-/m0/s1. The number of carbonyl (C=O) groups is 1. The minimum Gasteiger partial charge on any atom is -0.497 e. The molecule has 0 unspecified atom stereocenters. The number of amides is 1. The maximum Gasteiger partial charge on any atom is 0.260 e. The second-order valence-electron chi connectivity index (χ2n) is 5.84. The number of hydrogen-bond acceptors (Lipinski definition) is 4. The van der Waals surface area contributed by atoms with Crippen molar-refractivity contribution in [1.29, 1.82) is 0 Å². The molecule has 0 aliphatic heterocycles. The quantitative estimate of drug-likeness (QED) is 0.748. The van der Waals surface area contributed by atoms with E-state index in [1.807, 2.05) is 56.3 Å². The summed E-state index contributed by atoms with van der Waals surface area (Å²) < 4.78 is 16.4. The molecule has 5 nitrogen and oxygen atoms in total. The lowest BCUT2D eigenvalue weighted by atomic mass is 10.1. The van der Waals surface area contributed by atoms with Gasteiger partial charge in [-0.05, 0) is 62.2 Å². The van der Waals surface area contributed by atoms with Crippen molar-refractivity contribution in [3.63, 3.8) is 0 Å². The Morgan fingerprint density at radius 2 is 1.76 bits per heavy atom. The summed E-state index contributed by atoms with van der Waals surface area (Å²) in [6, 6.07) is 13.2. The maximum atomic E-state index is 12.1. The van der Waals surface area contributed by atoms with Crippen molar-refractivity contribution in [2.24, 2.45) is 0 Å². The Hall–Kier alpha value is -2.69. The van der Waals surface area contributed by atoms with Gasteiger partial charge in [0.15, 0.2) is 6.10 Å². The predicted octanol–water partition coefficient (Wildman–Crippen LogP) is 3.27. The highest BCUT2D eigenvalue weighted by Gasteiger charge is 2.15. The molecule has 2 aromatic carbocycles. The highest BCUT2D eigenvalue weighted by molar-refractivity contribution is 5.80. The summed E-state index contributed by atoms with van der Waals surface area (Å²) in [5.41, 5.74) is 2.11. The monoisotopic (exact) mass is 343 g/mol. The average Bonchev–Trinajstić information content (AvgIpc) is 2.62. The Kier molecular flexibility index (Phi) is 6.69. The third-order valence-corrected chi connectivity index (χ3v) is 3.75. The third kappa shape index (κ3) is 5.71. The Balaban J connectivity index is 1.74. The summed E-state index contributed by atoms with van der Waals surface area (Å²) >= 11 is 0. The zero-order valence-corrected chi connectivity index (χ0v) is 15.2. The van der Waals surface area contributed by atoms with Crippen LogP contribution in [0.2, 0.25) is 0 Å². The number of rotatable bonds is 8. The van der Waals surface area contributed by atoms with Crippen LogP contribution in [0.1, 0.15) is 18.1 Å². The number of aryl methyl sites for hydroxylation is 2. The largest absolute Gasteiger partial charge is 0.497 e. The maximum absolute atomic E-state index is 12.1. The first kappa shape index (κ1) is 18.6. The van der Waals surface area contributed by atoms with Gasteiger partial charge in [0.05, 0.1) is 13.7 Å². The first-order chi connectivity index (χ1) is 12.0. The van der Waals surface area contributed by atoms with Crippen molar-refractivity contribution in [3.05, 3.63) is 53.6 Å². The summed E-state index contributed by atoms with van der Waals surface area (Å²) in [7, 11) is 1.62. The molecular weight excluding hydrogens is 318 g/mol. The lowest BCUT2D eigenvalue weighted by Gasteiger charge is -2.17. The SMILES string of the molecule is COc1ccc(OCCNC(=O)[C@H](C)Oc2cc(C)ccc2C)cc1. The number of carbonyl (C=O) groups excluding carboxylic acids is 1. The summed E-state index contributed by atoms with van der Waals surface area (Å²) in [5, 5.41) is 2.82. The smallest absolute Gasteiger partial charge is 0.260 e. The van der Waals surface area contributed by atoms with Gasteiger partial charge in [0.1, 0.15) is 23.9 Å². The molecule has 0 aliphatic carbocycles. The molecule has 134 valence electrons. The molecule has 0 aliphatic rings. The minimum atomic E-state index is -0.568. The van der Waals surface area contributed by atoms with Crippen LogP contribution in [0.5, 0.6) is 17.2 Å². The van der Waals surface area contributed by atoms with Crippen LogP contribution in [0, 0.1) is 13.8 Å². The number of benzene rings is 2. The summed E-state index contributed by atoms with van der Waals surface area (Å²) in [6.45, 7) is 6.48. The van der Waals surface area contributed by atoms with E-state index in [0.717, 1.165) is 28.4 Å². The highest BCUT2D eigenvalue weighted by atomic mass is 16.5. The number of methoxy groups -OCH3 is 1. The number of ether oxygens (including phenoxy) is 3. The molecule has 0 aromatic heterocycles. The Bertz CT molecular complexity index is 697. The average molecular weight is 343 g/mol. The Labute approximate surface area is 148 Å². The van der Waals surface area contributed by atoms with E-state index in [4.69, 9.17) is 14.2 Å². The molecule has 1 atom stereocenters. The van der Waals surface area contributed by atoms with E-state index < -0.39 is 6.10 Å². The van der Waals surface area contributed by atoms with E-state index in [2.05, 4.69) is 5.32 Å². The van der Waals surface area contributed by atoms with Gasteiger partial charge < -0.3 is 19.5 Å². The van der Waals surface area contributed by atoms with Gasteiger partial charge >= 0.3 is 0 Å². The van der Waals surface area contributed by atoms with Crippen molar-refractivity contribution >= 4 is 5.91 Å². The van der Waals surface area contributed by atoms with Crippen LogP contribution in [0.3, 0.4) is 0 Å². The van der Waals surface area contributed by atoms with E-state index in [-0.39, 0.29) is 5.91 Å². The van der Waals surface area contributed by atoms with Gasteiger partial charge in [-0.3, -0.25) is 4.79 Å². The zero-order valence-electron chi connectivity index (χ0n) is 15.2. The van der Waals surface area contributed by atoms with Gasteiger partial charge in [-0.2, -0.15) is 0 Å². The van der Waals surface area contributed by atoms with Gasteiger partial charge in [-0.1, -0.05) is 12.1 Å². The molecule has 0 bridgehead atoms. The molecule has 5 heteroatoms. The van der Waals surface area contributed by atoms with E-state index in [1.165, 1.54) is 0 Å². The summed E-state index contributed by atoms with van der Waals surface area (Å²) in [5.74, 6) is 2.07. The van der Waals surface area contributed by atoms with Crippen molar-refractivity contribution in [2.45, 2.75) is 26.9 Å². The fraction of sp³-hybridized carbons (Fsp3) is 0.350. The lowest BCUT2D eigenvalue weighted by molar-refractivity contribution is -0.127. The number of nitrogens with one attached hydrogen (secondary N) is 1. The van der Waals surface area contributed by atoms with Gasteiger partial charge in [0, 0.05) is 0 Å². The highest BCUT2D eigenvalue weighted by Crippen LogP contribution is 2.20. The summed E-state index contributed by atoms with van der Waals surface area (Å²) in [4.78, 5) is 12.1. The predicted molar refractivity (Wildman–Crippen MR) is 97.5 cm³/mol. The van der Waals surface area contributed by atoms with Crippen molar-refractivity contribution in [1.82, 2.24) is 5.32 Å². The molecule has 0 saturated carbocycles. The minimum absolute atomic E-state index is 0.167. The van der Waals surface area contributed by atoms with Gasteiger partial charge in [-0.25, -0.2) is 0 Å². The van der Waals surface area contributed by atoms with Crippen molar-refractivity contribution < 1.29 is 19.0 Å². The second kappa shape index (κ2) is 8.97. The molecule has 1 amide bonds. The first-order valence-electron chi connectivity index (χ1n) is 8.28. The molecule has 25 heavy (non-hydrogen) atoms. The third-order valence-electron chi connectivity index (χ3n) is 3.75. The van der Waals surface area contributed by atoms with E-state index >= 15 is 0 Å². The lowest BCUT2D eigenvalue weighted by Crippen LogP contribution is -2.38. The van der Waals surface area contributed by atoms with Gasteiger partial charge in [-0.15, -0.1) is 0 Å². The number of hydrogen-bond donors (Lipinski definition) is 1. The van der Waals surface area contributed by atoms with Crippen LogP contribution < -0.4 is 19.5 Å². The van der Waals surface area contributed by atoms with Crippen LogP contribution >= 0.6 is 0 Å². The van der Waals surface area contributed by atoms with Crippen LogP contribution in [-0.4, -0.2) is 32.3 Å². The fourth-order valence-electron chi connectivity index (χ4n) is 2.24. The molecule has 0 spiro atoms. The van der Waals surface area contributed by atoms with Crippen molar-refractivity contribution in [2.75, 3.05) is 20.3 Å². The van der Waals surface area contributed by atoms with Gasteiger partial charge in [0.2, 0.25) is 0 Å². The van der Waals surface area contributed by atoms with Crippen LogP contribution in [0.4, 0.5) is 0 Å². The summed E-state index contributed by atoms with van der Waals surface area (Å²) in [6.07, 6.45) is -0.568. The van der Waals surface area contributed by atoms with Crippen LogP contribution in [0.25, 0.3) is 0 Å². The second-order valence-corrected chi connectivity index (χ2v) is 5.84. The van der Waals surface area contributed by atoms with E-state index in [9.17, 15) is 4.79 Å². The van der Waals surface area contributed by atoms with E-state index in [0.29, 0.717) is 13.2 Å². The molecule has 2 aromatic rings. The molecular formula is C20H25NO4. The normalized spacial score (nSPS) is 11.5. The molecule has 2 rings (SSSR count). The topological polar surface area (TPSA) is 56.8 Å². The fourth-order valence-corrected chi connectivity index (χ4v) is 2.24. The van der Waals surface area contributed by atoms with E-state index in [1.54, 1.807) is 14.0 Å². The molecule has 0 fully saturated rings.